The maximum Gasteiger partial charge on any atom is 0.235 e. The van der Waals surface area contributed by atoms with Crippen LogP contribution >= 0.6 is 11.8 Å². The van der Waals surface area contributed by atoms with Crippen molar-refractivity contribution in [2.24, 2.45) is 5.92 Å². The van der Waals surface area contributed by atoms with Gasteiger partial charge in [0, 0.05) is 19.0 Å². The lowest BCUT2D eigenvalue weighted by atomic mass is 9.90. The zero-order chi connectivity index (χ0) is 22.6. The van der Waals surface area contributed by atoms with Crippen LogP contribution in [-0.4, -0.2) is 43.9 Å². The van der Waals surface area contributed by atoms with E-state index in [2.05, 4.69) is 74.3 Å². The van der Waals surface area contributed by atoms with E-state index in [-0.39, 0.29) is 11.2 Å². The Morgan fingerprint density at radius 3 is 2.21 bits per heavy atom. The van der Waals surface area contributed by atoms with Gasteiger partial charge in [-0.2, -0.15) is 0 Å². The van der Waals surface area contributed by atoms with Crippen molar-refractivity contribution in [2.45, 2.75) is 61.9 Å². The van der Waals surface area contributed by atoms with Crippen LogP contribution in [0.3, 0.4) is 0 Å². The molecular weight excluding hydrogens is 428 g/mol. The average molecular weight is 461 g/mol. The van der Waals surface area contributed by atoms with Gasteiger partial charge in [-0.25, -0.2) is 0 Å². The lowest BCUT2D eigenvalue weighted by Crippen LogP contribution is -2.42. The smallest absolute Gasteiger partial charge is 0.235 e. The molecule has 1 amide bonds. The van der Waals surface area contributed by atoms with Crippen LogP contribution in [0.25, 0.3) is 0 Å². The van der Waals surface area contributed by atoms with E-state index in [4.69, 9.17) is 0 Å². The highest BCUT2D eigenvalue weighted by Crippen LogP contribution is 2.40. The number of carbonyl (C=O) groups excluding carboxylic acids is 1. The van der Waals surface area contributed by atoms with Gasteiger partial charge in [0.1, 0.15) is 5.82 Å². The van der Waals surface area contributed by atoms with Crippen LogP contribution in [0.1, 0.15) is 55.5 Å². The minimum absolute atomic E-state index is 0.165. The van der Waals surface area contributed by atoms with Gasteiger partial charge < -0.3 is 9.47 Å². The van der Waals surface area contributed by atoms with E-state index in [1.165, 1.54) is 24.0 Å². The Morgan fingerprint density at radius 1 is 0.939 bits per heavy atom. The van der Waals surface area contributed by atoms with Crippen LogP contribution < -0.4 is 0 Å². The number of carbonyl (C=O) groups is 1. The minimum atomic E-state index is -0.165. The fourth-order valence-corrected chi connectivity index (χ4v) is 5.66. The molecule has 3 aromatic rings. The average Bonchev–Trinajstić information content (AvgIpc) is 3.63. The summed E-state index contributed by atoms with van der Waals surface area (Å²) in [6.07, 6.45) is 5.63. The highest BCUT2D eigenvalue weighted by molar-refractivity contribution is 8.00. The molecule has 2 aliphatic rings. The molecule has 0 radical (unpaired) electrons. The summed E-state index contributed by atoms with van der Waals surface area (Å²) in [6.45, 7) is 4.48. The van der Waals surface area contributed by atoms with Crippen LogP contribution in [0.4, 0.5) is 0 Å². The summed E-state index contributed by atoms with van der Waals surface area (Å²) in [5, 5.41) is 9.72. The Kier molecular flexibility index (Phi) is 6.81. The molecule has 33 heavy (non-hydrogen) atoms. The Balaban J connectivity index is 1.20. The number of rotatable bonds is 8. The molecule has 172 valence electrons. The van der Waals surface area contributed by atoms with E-state index >= 15 is 0 Å². The molecule has 1 saturated heterocycles. The predicted molar refractivity (Wildman–Crippen MR) is 132 cm³/mol. The van der Waals surface area contributed by atoms with Crippen LogP contribution in [-0.2, 0) is 17.8 Å². The number of thioether (sulfide) groups is 1. The normalized spacial score (nSPS) is 17.8. The summed E-state index contributed by atoms with van der Waals surface area (Å²) in [5.41, 5.74) is 2.64. The molecular formula is C27H32N4OS. The van der Waals surface area contributed by atoms with Gasteiger partial charge in [0.05, 0.1) is 11.8 Å². The number of likely N-dealkylation sites (tertiary alicyclic amines) is 1. The molecule has 1 atom stereocenters. The summed E-state index contributed by atoms with van der Waals surface area (Å²) in [7, 11) is 0. The first kappa shape index (κ1) is 22.2. The van der Waals surface area contributed by atoms with Crippen LogP contribution in [0.2, 0.25) is 0 Å². The molecule has 2 fully saturated rings. The van der Waals surface area contributed by atoms with Gasteiger partial charge in [-0.05, 0) is 56.1 Å². The zero-order valence-corrected chi connectivity index (χ0v) is 20.1. The number of piperidine rings is 1. The highest BCUT2D eigenvalue weighted by Gasteiger charge is 2.32. The molecule has 1 saturated carbocycles. The van der Waals surface area contributed by atoms with Gasteiger partial charge in [0.15, 0.2) is 5.16 Å². The molecule has 1 aromatic heterocycles. The molecule has 0 bridgehead atoms. The molecule has 0 spiro atoms. The minimum Gasteiger partial charge on any atom is -0.342 e. The Labute approximate surface area is 200 Å². The van der Waals surface area contributed by atoms with Crippen molar-refractivity contribution in [2.75, 3.05) is 13.1 Å². The lowest BCUT2D eigenvalue weighted by molar-refractivity contribution is -0.131. The topological polar surface area (TPSA) is 51.0 Å². The van der Waals surface area contributed by atoms with Gasteiger partial charge >= 0.3 is 0 Å². The third-order valence-electron chi connectivity index (χ3n) is 6.79. The summed E-state index contributed by atoms with van der Waals surface area (Å²) >= 11 is 1.56. The molecule has 1 aliphatic carbocycles. The SMILES string of the molecule is CC(Sc1nnc(C2CC2)n1Cc1ccccc1)C(=O)N1CCC(Cc2ccccc2)CC1. The Morgan fingerprint density at radius 2 is 1.58 bits per heavy atom. The zero-order valence-electron chi connectivity index (χ0n) is 19.3. The fourth-order valence-electron chi connectivity index (χ4n) is 4.72. The maximum absolute atomic E-state index is 13.2. The van der Waals surface area contributed by atoms with Crippen LogP contribution in [0.15, 0.2) is 65.8 Å². The van der Waals surface area contributed by atoms with Gasteiger partial charge in [0.2, 0.25) is 5.91 Å². The summed E-state index contributed by atoms with van der Waals surface area (Å²) in [6, 6.07) is 21.1. The summed E-state index contributed by atoms with van der Waals surface area (Å²) in [5.74, 6) is 2.47. The van der Waals surface area contributed by atoms with Crippen molar-refractivity contribution in [3.8, 4) is 0 Å². The number of hydrogen-bond donors (Lipinski definition) is 0. The number of nitrogens with zero attached hydrogens (tertiary/aromatic N) is 4. The van der Waals surface area contributed by atoms with E-state index in [0.717, 1.165) is 49.9 Å². The van der Waals surface area contributed by atoms with Crippen molar-refractivity contribution < 1.29 is 4.79 Å². The third-order valence-corrected chi connectivity index (χ3v) is 7.86. The van der Waals surface area contributed by atoms with Crippen LogP contribution in [0, 0.1) is 5.92 Å². The standard InChI is InChI=1S/C27H32N4OS/c1-20(26(32)30-16-14-22(15-17-30)18-21-8-4-2-5-9-21)33-27-29-28-25(24-12-13-24)31(27)19-23-10-6-3-7-11-23/h2-11,20,22,24H,12-19H2,1H3. The Bertz CT molecular complexity index is 1060. The largest absolute Gasteiger partial charge is 0.342 e. The van der Waals surface area contributed by atoms with E-state index in [1.54, 1.807) is 11.8 Å². The van der Waals surface area contributed by atoms with Crippen LogP contribution in [0.5, 0.6) is 0 Å². The highest BCUT2D eigenvalue weighted by atomic mass is 32.2. The van der Waals surface area contributed by atoms with E-state index in [9.17, 15) is 4.79 Å². The Hall–Kier alpha value is -2.60. The third kappa shape index (κ3) is 5.49. The quantitative estimate of drug-likeness (QED) is 0.436. The number of amides is 1. The van der Waals surface area contributed by atoms with Gasteiger partial charge in [-0.1, -0.05) is 72.4 Å². The van der Waals surface area contributed by atoms with E-state index in [1.807, 2.05) is 13.0 Å². The first-order valence-corrected chi connectivity index (χ1v) is 13.0. The van der Waals surface area contributed by atoms with Crippen molar-refractivity contribution in [3.05, 3.63) is 77.6 Å². The molecule has 0 N–H and O–H groups in total. The second kappa shape index (κ2) is 10.1. The lowest BCUT2D eigenvalue weighted by Gasteiger charge is -2.33. The number of aromatic nitrogens is 3. The summed E-state index contributed by atoms with van der Waals surface area (Å²) in [4.78, 5) is 15.3. The van der Waals surface area contributed by atoms with Crippen molar-refractivity contribution in [1.29, 1.82) is 0 Å². The second-order valence-electron chi connectivity index (χ2n) is 9.41. The second-order valence-corrected chi connectivity index (χ2v) is 10.7. The maximum atomic E-state index is 13.2. The molecule has 2 aromatic carbocycles. The monoisotopic (exact) mass is 460 g/mol. The predicted octanol–water partition coefficient (Wildman–Crippen LogP) is 5.17. The van der Waals surface area contributed by atoms with E-state index < -0.39 is 0 Å². The molecule has 5 nitrogen and oxygen atoms in total. The van der Waals surface area contributed by atoms with Gasteiger partial charge in [-0.15, -0.1) is 10.2 Å². The van der Waals surface area contributed by atoms with Gasteiger partial charge in [0.25, 0.3) is 0 Å². The molecule has 2 heterocycles. The van der Waals surface area contributed by atoms with Crippen molar-refractivity contribution >= 4 is 17.7 Å². The van der Waals surface area contributed by atoms with Crippen molar-refractivity contribution in [1.82, 2.24) is 19.7 Å². The van der Waals surface area contributed by atoms with Crippen molar-refractivity contribution in [3.63, 3.8) is 0 Å². The van der Waals surface area contributed by atoms with Gasteiger partial charge in [-0.3, -0.25) is 4.79 Å². The first-order chi connectivity index (χ1) is 16.2. The molecule has 1 unspecified atom stereocenters. The first-order valence-electron chi connectivity index (χ1n) is 12.1. The van der Waals surface area contributed by atoms with E-state index in [0.29, 0.717) is 11.8 Å². The molecule has 6 heteroatoms. The molecule has 5 rings (SSSR count). The summed E-state index contributed by atoms with van der Waals surface area (Å²) < 4.78 is 2.23. The molecule has 1 aliphatic heterocycles. The fraction of sp³-hybridized carbons (Fsp3) is 0.444. The number of hydrogen-bond acceptors (Lipinski definition) is 4. The number of benzene rings is 2.